The van der Waals surface area contributed by atoms with Gasteiger partial charge in [0.1, 0.15) is 12.7 Å². The molecule has 0 aromatic heterocycles. The summed E-state index contributed by atoms with van der Waals surface area (Å²) in [4.78, 5) is 10.7. The van der Waals surface area contributed by atoms with Crippen molar-refractivity contribution in [2.24, 2.45) is 5.92 Å². The quantitative estimate of drug-likeness (QED) is 0.610. The third kappa shape index (κ3) is 3.49. The van der Waals surface area contributed by atoms with Gasteiger partial charge in [0.25, 0.3) is 0 Å². The Hall–Kier alpha value is -0.410. The molecule has 0 saturated heterocycles. The molecule has 0 bridgehead atoms. The summed E-state index contributed by atoms with van der Waals surface area (Å²) in [7, 11) is 0. The molecule has 0 spiro atoms. The maximum absolute atomic E-state index is 10.7. The minimum absolute atomic E-state index is 0.0420. The van der Waals surface area contributed by atoms with E-state index in [-0.39, 0.29) is 5.92 Å². The van der Waals surface area contributed by atoms with E-state index in [1.807, 2.05) is 13.8 Å². The van der Waals surface area contributed by atoms with Crippen molar-refractivity contribution in [3.63, 3.8) is 0 Å². The molecule has 2 unspecified atom stereocenters. The summed E-state index contributed by atoms with van der Waals surface area (Å²) in [5.74, 6) is -0.523. The molecule has 3 heteroatoms. The Kier molecular flexibility index (Phi) is 5.07. The maximum Gasteiger partial charge on any atom is 0.186 e. The Morgan fingerprint density at radius 1 is 1.55 bits per heavy atom. The Labute approximate surface area is 67.0 Å². The first kappa shape index (κ1) is 10.6. The molecular formula is C8H16O3. The number of hydrogen-bond acceptors (Lipinski definition) is 3. The molecule has 0 aromatic carbocycles. The highest BCUT2D eigenvalue weighted by atomic mass is 16.3. The number of rotatable bonds is 5. The summed E-state index contributed by atoms with van der Waals surface area (Å²) in [6, 6.07) is 0. The van der Waals surface area contributed by atoms with E-state index >= 15 is 0 Å². The van der Waals surface area contributed by atoms with Gasteiger partial charge in [0, 0.05) is 0 Å². The summed E-state index contributed by atoms with van der Waals surface area (Å²) in [5.41, 5.74) is 0. The van der Waals surface area contributed by atoms with Crippen LogP contribution in [-0.2, 0) is 4.79 Å². The molecule has 66 valence electrons. The van der Waals surface area contributed by atoms with Crippen LogP contribution in [0.15, 0.2) is 0 Å². The van der Waals surface area contributed by atoms with Crippen molar-refractivity contribution in [1.29, 1.82) is 0 Å². The van der Waals surface area contributed by atoms with E-state index in [1.165, 1.54) is 0 Å². The molecule has 0 aliphatic carbocycles. The maximum atomic E-state index is 10.7. The van der Waals surface area contributed by atoms with Gasteiger partial charge in [-0.3, -0.25) is 4.79 Å². The first-order chi connectivity index (χ1) is 5.13. The SMILES string of the molecule is CCCC(C)C(O)C(=O)CO. The predicted octanol–water partition coefficient (Wildman–Crippen LogP) is 0.345. The van der Waals surface area contributed by atoms with Crippen LogP contribution in [0.25, 0.3) is 0 Å². The highest BCUT2D eigenvalue weighted by molar-refractivity contribution is 5.83. The Bertz CT molecular complexity index is 123. The molecule has 2 N–H and O–H groups in total. The molecule has 0 aliphatic rings. The average molecular weight is 160 g/mol. The van der Waals surface area contributed by atoms with Crippen LogP contribution in [0.5, 0.6) is 0 Å². The molecule has 3 nitrogen and oxygen atoms in total. The number of Topliss-reactive ketones (excluding diaryl/α,β-unsaturated/α-hetero) is 1. The normalized spacial score (nSPS) is 16.0. The Morgan fingerprint density at radius 2 is 2.09 bits per heavy atom. The topological polar surface area (TPSA) is 57.5 Å². The number of hydrogen-bond donors (Lipinski definition) is 2. The lowest BCUT2D eigenvalue weighted by Crippen LogP contribution is -2.29. The van der Waals surface area contributed by atoms with Gasteiger partial charge in [0.05, 0.1) is 0 Å². The van der Waals surface area contributed by atoms with Gasteiger partial charge in [-0.25, -0.2) is 0 Å². The lowest BCUT2D eigenvalue weighted by molar-refractivity contribution is -0.132. The van der Waals surface area contributed by atoms with E-state index < -0.39 is 18.5 Å². The van der Waals surface area contributed by atoms with E-state index in [2.05, 4.69) is 0 Å². The molecule has 0 aliphatic heterocycles. The number of aliphatic hydroxyl groups is 2. The van der Waals surface area contributed by atoms with E-state index in [1.54, 1.807) is 0 Å². The zero-order valence-electron chi connectivity index (χ0n) is 7.08. The van der Waals surface area contributed by atoms with Gasteiger partial charge >= 0.3 is 0 Å². The third-order valence-electron chi connectivity index (χ3n) is 1.77. The molecule has 0 amide bonds. The van der Waals surface area contributed by atoms with Crippen LogP contribution in [0.1, 0.15) is 26.7 Å². The minimum Gasteiger partial charge on any atom is -0.388 e. The molecular weight excluding hydrogens is 144 g/mol. The summed E-state index contributed by atoms with van der Waals surface area (Å²) >= 11 is 0. The monoisotopic (exact) mass is 160 g/mol. The molecule has 0 aromatic rings. The van der Waals surface area contributed by atoms with Crippen LogP contribution in [0, 0.1) is 5.92 Å². The van der Waals surface area contributed by atoms with Crippen molar-refractivity contribution in [2.75, 3.05) is 6.61 Å². The van der Waals surface area contributed by atoms with Crippen LogP contribution in [0.4, 0.5) is 0 Å². The number of aliphatic hydroxyl groups excluding tert-OH is 2. The van der Waals surface area contributed by atoms with Crippen molar-refractivity contribution in [2.45, 2.75) is 32.8 Å². The second-order valence-corrected chi connectivity index (χ2v) is 2.84. The number of carbonyl (C=O) groups is 1. The molecule has 0 fully saturated rings. The van der Waals surface area contributed by atoms with Crippen LogP contribution < -0.4 is 0 Å². The lowest BCUT2D eigenvalue weighted by Gasteiger charge is -2.15. The second-order valence-electron chi connectivity index (χ2n) is 2.84. The van der Waals surface area contributed by atoms with Gasteiger partial charge in [0.15, 0.2) is 5.78 Å². The van der Waals surface area contributed by atoms with Gasteiger partial charge in [-0.2, -0.15) is 0 Å². The van der Waals surface area contributed by atoms with Crippen molar-refractivity contribution >= 4 is 5.78 Å². The standard InChI is InChI=1S/C8H16O3/c1-3-4-6(2)8(11)7(10)5-9/h6,8-9,11H,3-5H2,1-2H3. The molecule has 0 heterocycles. The van der Waals surface area contributed by atoms with Gasteiger partial charge in [-0.15, -0.1) is 0 Å². The molecule has 2 atom stereocenters. The highest BCUT2D eigenvalue weighted by Crippen LogP contribution is 2.10. The molecule has 11 heavy (non-hydrogen) atoms. The second kappa shape index (κ2) is 5.27. The van der Waals surface area contributed by atoms with E-state index in [0.717, 1.165) is 12.8 Å². The van der Waals surface area contributed by atoms with Crippen LogP contribution in [-0.4, -0.2) is 28.7 Å². The summed E-state index contributed by atoms with van der Waals surface area (Å²) in [5, 5.41) is 17.6. The summed E-state index contributed by atoms with van der Waals surface area (Å²) in [6.45, 7) is 3.24. The van der Waals surface area contributed by atoms with Gasteiger partial charge in [0.2, 0.25) is 0 Å². The first-order valence-electron chi connectivity index (χ1n) is 3.95. The highest BCUT2D eigenvalue weighted by Gasteiger charge is 2.20. The van der Waals surface area contributed by atoms with E-state index in [0.29, 0.717) is 0 Å². The van der Waals surface area contributed by atoms with Crippen molar-refractivity contribution in [3.05, 3.63) is 0 Å². The smallest absolute Gasteiger partial charge is 0.186 e. The van der Waals surface area contributed by atoms with Gasteiger partial charge < -0.3 is 10.2 Å². The van der Waals surface area contributed by atoms with Crippen molar-refractivity contribution in [1.82, 2.24) is 0 Å². The molecule has 0 radical (unpaired) electrons. The summed E-state index contributed by atoms with van der Waals surface area (Å²) < 4.78 is 0. The minimum atomic E-state index is -0.986. The van der Waals surface area contributed by atoms with E-state index in [9.17, 15) is 9.90 Å². The first-order valence-corrected chi connectivity index (χ1v) is 3.95. The summed E-state index contributed by atoms with van der Waals surface area (Å²) in [6.07, 6.45) is 0.768. The number of ketones is 1. The fraction of sp³-hybridized carbons (Fsp3) is 0.875. The Morgan fingerprint density at radius 3 is 2.45 bits per heavy atom. The average Bonchev–Trinajstić information content (AvgIpc) is 2.02. The van der Waals surface area contributed by atoms with Gasteiger partial charge in [-0.1, -0.05) is 20.3 Å². The van der Waals surface area contributed by atoms with Crippen molar-refractivity contribution < 1.29 is 15.0 Å². The van der Waals surface area contributed by atoms with Gasteiger partial charge in [-0.05, 0) is 12.3 Å². The number of carbonyl (C=O) groups excluding carboxylic acids is 1. The fourth-order valence-corrected chi connectivity index (χ4v) is 1.02. The van der Waals surface area contributed by atoms with Crippen LogP contribution in [0.2, 0.25) is 0 Å². The fourth-order valence-electron chi connectivity index (χ4n) is 1.02. The molecule has 0 saturated carbocycles. The van der Waals surface area contributed by atoms with Crippen molar-refractivity contribution in [3.8, 4) is 0 Å². The van der Waals surface area contributed by atoms with E-state index in [4.69, 9.17) is 5.11 Å². The third-order valence-corrected chi connectivity index (χ3v) is 1.77. The Balaban J connectivity index is 3.80. The molecule has 0 rings (SSSR count). The van der Waals surface area contributed by atoms with Crippen LogP contribution in [0.3, 0.4) is 0 Å². The van der Waals surface area contributed by atoms with Crippen LogP contribution >= 0.6 is 0 Å². The zero-order chi connectivity index (χ0) is 8.85. The lowest BCUT2D eigenvalue weighted by atomic mass is 9.97. The largest absolute Gasteiger partial charge is 0.388 e. The predicted molar refractivity (Wildman–Crippen MR) is 42.2 cm³/mol. The zero-order valence-corrected chi connectivity index (χ0v) is 7.08.